The second-order valence-electron chi connectivity index (χ2n) is 5.77. The molecule has 0 spiro atoms. The summed E-state index contributed by atoms with van der Waals surface area (Å²) in [6.45, 7) is 2.96. The van der Waals surface area contributed by atoms with Gasteiger partial charge in [0.2, 0.25) is 0 Å². The standard InChI is InChI=1S/C13H22N2O/c1-2-3-6-14-13(16)15-12-10-8-4-5-9(7-8)11(10)12/h8-12H,2-7H2,1H3,(H2,14,15,16)/t8-,9-,10-,11+,12?/m0/s1. The number of fused-ring (bicyclic) bond motifs is 5. The van der Waals surface area contributed by atoms with Crippen LogP contribution in [0, 0.1) is 23.7 Å². The van der Waals surface area contributed by atoms with Crippen LogP contribution in [0.3, 0.4) is 0 Å². The zero-order valence-electron chi connectivity index (χ0n) is 10.0. The third kappa shape index (κ3) is 1.61. The van der Waals surface area contributed by atoms with Crippen molar-refractivity contribution in [2.24, 2.45) is 23.7 Å². The van der Waals surface area contributed by atoms with Gasteiger partial charge in [-0.05, 0) is 49.4 Å². The van der Waals surface area contributed by atoms with Gasteiger partial charge in [-0.1, -0.05) is 13.3 Å². The van der Waals surface area contributed by atoms with Gasteiger partial charge in [0.05, 0.1) is 0 Å². The number of carbonyl (C=O) groups excluding carboxylic acids is 1. The molecule has 2 N–H and O–H groups in total. The molecule has 0 aromatic rings. The fraction of sp³-hybridized carbons (Fsp3) is 0.923. The lowest BCUT2D eigenvalue weighted by Gasteiger charge is -2.11. The predicted octanol–water partition coefficient (Wildman–Crippen LogP) is 2.13. The summed E-state index contributed by atoms with van der Waals surface area (Å²) < 4.78 is 0. The van der Waals surface area contributed by atoms with Crippen LogP contribution in [-0.4, -0.2) is 18.6 Å². The fourth-order valence-electron chi connectivity index (χ4n) is 4.10. The number of carbonyl (C=O) groups is 1. The summed E-state index contributed by atoms with van der Waals surface area (Å²) in [5.41, 5.74) is 0. The van der Waals surface area contributed by atoms with Crippen molar-refractivity contribution in [1.82, 2.24) is 10.6 Å². The normalized spacial score (nSPS) is 42.9. The van der Waals surface area contributed by atoms with Crippen molar-refractivity contribution in [3.05, 3.63) is 0 Å². The van der Waals surface area contributed by atoms with Crippen LogP contribution in [-0.2, 0) is 0 Å². The molecule has 0 radical (unpaired) electrons. The molecule has 1 unspecified atom stereocenters. The van der Waals surface area contributed by atoms with E-state index in [4.69, 9.17) is 0 Å². The smallest absolute Gasteiger partial charge is 0.315 e. The summed E-state index contributed by atoms with van der Waals surface area (Å²) in [5, 5.41) is 6.11. The van der Waals surface area contributed by atoms with E-state index in [0.717, 1.165) is 43.1 Å². The summed E-state index contributed by atoms with van der Waals surface area (Å²) in [5.74, 6) is 3.57. The highest BCUT2D eigenvalue weighted by atomic mass is 16.2. The van der Waals surface area contributed by atoms with Crippen LogP contribution in [0.25, 0.3) is 0 Å². The topological polar surface area (TPSA) is 41.1 Å². The first-order valence-electron chi connectivity index (χ1n) is 6.85. The molecule has 3 saturated carbocycles. The first-order chi connectivity index (χ1) is 7.81. The quantitative estimate of drug-likeness (QED) is 0.703. The van der Waals surface area contributed by atoms with E-state index in [2.05, 4.69) is 17.6 Å². The first-order valence-corrected chi connectivity index (χ1v) is 6.85. The molecule has 90 valence electrons. The molecule has 3 rings (SSSR count). The monoisotopic (exact) mass is 222 g/mol. The molecule has 0 aliphatic heterocycles. The lowest BCUT2D eigenvalue weighted by atomic mass is 10.0. The second kappa shape index (κ2) is 3.94. The van der Waals surface area contributed by atoms with Gasteiger partial charge in [0.15, 0.2) is 0 Å². The lowest BCUT2D eigenvalue weighted by molar-refractivity contribution is 0.238. The molecule has 2 bridgehead atoms. The highest BCUT2D eigenvalue weighted by Crippen LogP contribution is 2.65. The minimum atomic E-state index is 0.0623. The highest BCUT2D eigenvalue weighted by Gasteiger charge is 2.65. The van der Waals surface area contributed by atoms with Gasteiger partial charge in [0.25, 0.3) is 0 Å². The van der Waals surface area contributed by atoms with Crippen LogP contribution in [0.1, 0.15) is 39.0 Å². The number of urea groups is 1. The molecular formula is C13H22N2O. The number of amides is 2. The van der Waals surface area contributed by atoms with E-state index >= 15 is 0 Å². The van der Waals surface area contributed by atoms with Crippen molar-refractivity contribution in [3.63, 3.8) is 0 Å². The van der Waals surface area contributed by atoms with Gasteiger partial charge in [0, 0.05) is 12.6 Å². The molecule has 0 heterocycles. The molecule has 5 atom stereocenters. The Labute approximate surface area is 97.4 Å². The number of hydrogen-bond donors (Lipinski definition) is 2. The van der Waals surface area contributed by atoms with Crippen LogP contribution in [0.5, 0.6) is 0 Å². The van der Waals surface area contributed by atoms with Crippen LogP contribution >= 0.6 is 0 Å². The molecule has 3 heteroatoms. The lowest BCUT2D eigenvalue weighted by Crippen LogP contribution is -2.39. The Balaban J connectivity index is 1.43. The fourth-order valence-corrected chi connectivity index (χ4v) is 4.10. The van der Waals surface area contributed by atoms with Gasteiger partial charge in [-0.15, -0.1) is 0 Å². The van der Waals surface area contributed by atoms with Gasteiger partial charge in [-0.2, -0.15) is 0 Å². The Morgan fingerprint density at radius 1 is 1.25 bits per heavy atom. The number of unbranched alkanes of at least 4 members (excludes halogenated alkanes) is 1. The van der Waals surface area contributed by atoms with Gasteiger partial charge in [0.1, 0.15) is 0 Å². The van der Waals surface area contributed by atoms with Gasteiger partial charge in [-0.25, -0.2) is 4.79 Å². The molecular weight excluding hydrogens is 200 g/mol. The summed E-state index contributed by atoms with van der Waals surface area (Å²) in [7, 11) is 0. The molecule has 16 heavy (non-hydrogen) atoms. The van der Waals surface area contributed by atoms with Crippen LogP contribution in [0.2, 0.25) is 0 Å². The molecule has 0 aromatic carbocycles. The maximum absolute atomic E-state index is 11.6. The Kier molecular flexibility index (Phi) is 2.56. The summed E-state index contributed by atoms with van der Waals surface area (Å²) in [6.07, 6.45) is 6.50. The minimum absolute atomic E-state index is 0.0623. The van der Waals surface area contributed by atoms with Gasteiger partial charge < -0.3 is 10.6 Å². The van der Waals surface area contributed by atoms with E-state index in [-0.39, 0.29) is 6.03 Å². The van der Waals surface area contributed by atoms with Crippen molar-refractivity contribution >= 4 is 6.03 Å². The Morgan fingerprint density at radius 3 is 2.56 bits per heavy atom. The molecule has 3 aliphatic rings. The van der Waals surface area contributed by atoms with Crippen LogP contribution in [0.4, 0.5) is 4.79 Å². The highest BCUT2D eigenvalue weighted by molar-refractivity contribution is 5.74. The Morgan fingerprint density at radius 2 is 1.94 bits per heavy atom. The van der Waals surface area contributed by atoms with E-state index in [0.29, 0.717) is 6.04 Å². The molecule has 0 saturated heterocycles. The molecule has 3 fully saturated rings. The Hall–Kier alpha value is -0.730. The average molecular weight is 222 g/mol. The molecule has 3 aliphatic carbocycles. The minimum Gasteiger partial charge on any atom is -0.338 e. The van der Waals surface area contributed by atoms with E-state index < -0.39 is 0 Å². The van der Waals surface area contributed by atoms with Crippen molar-refractivity contribution in [2.45, 2.75) is 45.1 Å². The summed E-state index contributed by atoms with van der Waals surface area (Å²) in [6, 6.07) is 0.583. The van der Waals surface area contributed by atoms with Crippen molar-refractivity contribution in [3.8, 4) is 0 Å². The van der Waals surface area contributed by atoms with Crippen LogP contribution in [0.15, 0.2) is 0 Å². The summed E-state index contributed by atoms with van der Waals surface area (Å²) >= 11 is 0. The van der Waals surface area contributed by atoms with E-state index in [1.54, 1.807) is 0 Å². The molecule has 0 aromatic heterocycles. The SMILES string of the molecule is CCCCNC(=O)NC1[C@@H]2[C@H]3CC[C@@H](C3)[C@H]12. The maximum Gasteiger partial charge on any atom is 0.315 e. The maximum atomic E-state index is 11.6. The number of hydrogen-bond acceptors (Lipinski definition) is 1. The largest absolute Gasteiger partial charge is 0.338 e. The third-order valence-corrected chi connectivity index (χ3v) is 4.85. The van der Waals surface area contributed by atoms with Crippen LogP contribution < -0.4 is 10.6 Å². The third-order valence-electron chi connectivity index (χ3n) is 4.85. The molecule has 3 nitrogen and oxygen atoms in total. The summed E-state index contributed by atoms with van der Waals surface area (Å²) in [4.78, 5) is 11.6. The zero-order valence-corrected chi connectivity index (χ0v) is 10.0. The number of nitrogens with one attached hydrogen (secondary N) is 2. The first kappa shape index (κ1) is 10.4. The second-order valence-corrected chi connectivity index (χ2v) is 5.77. The van der Waals surface area contributed by atoms with Gasteiger partial charge >= 0.3 is 6.03 Å². The van der Waals surface area contributed by atoms with Gasteiger partial charge in [-0.3, -0.25) is 0 Å². The van der Waals surface area contributed by atoms with E-state index in [1.165, 1.54) is 19.3 Å². The zero-order chi connectivity index (χ0) is 11.1. The average Bonchev–Trinajstić information content (AvgIpc) is 2.70. The number of rotatable bonds is 4. The van der Waals surface area contributed by atoms with E-state index in [1.807, 2.05) is 0 Å². The van der Waals surface area contributed by atoms with Crippen molar-refractivity contribution in [1.29, 1.82) is 0 Å². The van der Waals surface area contributed by atoms with Crippen molar-refractivity contribution in [2.75, 3.05) is 6.54 Å². The molecule has 2 amide bonds. The Bertz CT molecular complexity index is 276. The van der Waals surface area contributed by atoms with Crippen molar-refractivity contribution < 1.29 is 4.79 Å². The van der Waals surface area contributed by atoms with E-state index in [9.17, 15) is 4.79 Å². The predicted molar refractivity (Wildman–Crippen MR) is 63.0 cm³/mol.